The highest BCUT2D eigenvalue weighted by Crippen LogP contribution is 2.31. The van der Waals surface area contributed by atoms with Gasteiger partial charge in [0.15, 0.2) is 0 Å². The van der Waals surface area contributed by atoms with Crippen LogP contribution in [0.25, 0.3) is 0 Å². The topological polar surface area (TPSA) is 64.9 Å². The maximum Gasteiger partial charge on any atom is 0.257 e. The van der Waals surface area contributed by atoms with Crippen LogP contribution in [-0.2, 0) is 0 Å². The average molecular weight is 312 g/mol. The molecule has 2 heterocycles. The number of nitrogens with zero attached hydrogens (tertiary/aromatic N) is 2. The van der Waals surface area contributed by atoms with E-state index in [0.717, 1.165) is 17.3 Å². The van der Waals surface area contributed by atoms with Gasteiger partial charge in [0.05, 0.1) is 36.3 Å². The maximum atomic E-state index is 12.6. The lowest BCUT2D eigenvalue weighted by Crippen LogP contribution is -2.42. The van der Waals surface area contributed by atoms with Gasteiger partial charge in [-0.3, -0.25) is 9.79 Å². The first-order valence-corrected chi connectivity index (χ1v) is 7.84. The zero-order chi connectivity index (χ0) is 14.1. The van der Waals surface area contributed by atoms with E-state index in [1.807, 2.05) is 0 Å². The highest BCUT2D eigenvalue weighted by Gasteiger charge is 2.37. The number of anilines is 1. The molecular formula is C13H14ClN3O2S. The second-order valence-corrected chi connectivity index (χ2v) is 6.03. The van der Waals surface area contributed by atoms with Crippen molar-refractivity contribution >= 4 is 40.8 Å². The lowest BCUT2D eigenvalue weighted by Gasteiger charge is -2.21. The summed E-state index contributed by atoms with van der Waals surface area (Å²) in [5, 5.41) is 12.7. The molecule has 2 aliphatic heterocycles. The molecule has 106 valence electrons. The Morgan fingerprint density at radius 2 is 2.40 bits per heavy atom. The zero-order valence-corrected chi connectivity index (χ0v) is 12.2. The zero-order valence-electron chi connectivity index (χ0n) is 10.7. The van der Waals surface area contributed by atoms with E-state index >= 15 is 0 Å². The number of carbonyl (C=O) groups is 1. The average Bonchev–Trinajstić information content (AvgIpc) is 2.89. The predicted octanol–water partition coefficient (Wildman–Crippen LogP) is 1.67. The first-order chi connectivity index (χ1) is 9.70. The molecule has 2 N–H and O–H groups in total. The number of aliphatic hydroxyl groups is 1. The number of hydrogen-bond acceptors (Lipinski definition) is 4. The monoisotopic (exact) mass is 311 g/mol. The SMILES string of the molecule is O=C1c2cc(Cl)ccc2NC(=NCCO)C2CSCN12. The third kappa shape index (κ3) is 2.39. The first kappa shape index (κ1) is 13.7. The van der Waals surface area contributed by atoms with Crippen LogP contribution in [0.1, 0.15) is 10.4 Å². The number of thioether (sulfide) groups is 1. The summed E-state index contributed by atoms with van der Waals surface area (Å²) in [6, 6.07) is 5.15. The molecule has 0 spiro atoms. The van der Waals surface area contributed by atoms with Crippen LogP contribution in [0.2, 0.25) is 5.02 Å². The summed E-state index contributed by atoms with van der Waals surface area (Å²) in [6.07, 6.45) is 0. The Kier molecular flexibility index (Phi) is 3.87. The van der Waals surface area contributed by atoms with Crippen molar-refractivity contribution in [2.24, 2.45) is 4.99 Å². The molecule has 1 saturated heterocycles. The summed E-state index contributed by atoms with van der Waals surface area (Å²) in [4.78, 5) is 18.8. The third-order valence-electron chi connectivity index (χ3n) is 3.32. The van der Waals surface area contributed by atoms with Crippen LogP contribution in [0.5, 0.6) is 0 Å². The molecule has 1 fully saturated rings. The maximum absolute atomic E-state index is 12.6. The summed E-state index contributed by atoms with van der Waals surface area (Å²) in [7, 11) is 0. The summed E-state index contributed by atoms with van der Waals surface area (Å²) >= 11 is 7.69. The normalized spacial score (nSPS) is 23.3. The van der Waals surface area contributed by atoms with Crippen molar-refractivity contribution in [3.63, 3.8) is 0 Å². The van der Waals surface area contributed by atoms with Gasteiger partial charge in [0.2, 0.25) is 0 Å². The molecule has 5 nitrogen and oxygen atoms in total. The molecule has 20 heavy (non-hydrogen) atoms. The third-order valence-corrected chi connectivity index (χ3v) is 4.56. The number of carbonyl (C=O) groups excluding carboxylic acids is 1. The number of hydrogen-bond donors (Lipinski definition) is 2. The van der Waals surface area contributed by atoms with Gasteiger partial charge in [0.25, 0.3) is 5.91 Å². The van der Waals surface area contributed by atoms with E-state index in [9.17, 15) is 4.79 Å². The Hall–Kier alpha value is -1.24. The van der Waals surface area contributed by atoms with E-state index < -0.39 is 0 Å². The van der Waals surface area contributed by atoms with Gasteiger partial charge in [-0.1, -0.05) is 11.6 Å². The number of amidine groups is 1. The van der Waals surface area contributed by atoms with Gasteiger partial charge >= 0.3 is 0 Å². The van der Waals surface area contributed by atoms with E-state index in [-0.39, 0.29) is 18.6 Å². The lowest BCUT2D eigenvalue weighted by molar-refractivity contribution is 0.0783. The largest absolute Gasteiger partial charge is 0.394 e. The predicted molar refractivity (Wildman–Crippen MR) is 81.7 cm³/mol. The molecule has 0 aliphatic carbocycles. The van der Waals surface area contributed by atoms with Crippen molar-refractivity contribution in [2.75, 3.05) is 30.1 Å². The fourth-order valence-corrected chi connectivity index (χ4v) is 3.70. The minimum Gasteiger partial charge on any atom is -0.394 e. The van der Waals surface area contributed by atoms with E-state index in [4.69, 9.17) is 16.7 Å². The molecule has 0 saturated carbocycles. The number of fused-ring (bicyclic) bond motifs is 2. The number of aliphatic imine (C=N–C) groups is 1. The fraction of sp³-hybridized carbons (Fsp3) is 0.385. The van der Waals surface area contributed by atoms with Crippen molar-refractivity contribution in [1.29, 1.82) is 0 Å². The van der Waals surface area contributed by atoms with E-state index in [1.165, 1.54) is 0 Å². The van der Waals surface area contributed by atoms with Gasteiger partial charge in [-0.25, -0.2) is 0 Å². The van der Waals surface area contributed by atoms with Crippen molar-refractivity contribution in [3.8, 4) is 0 Å². The second-order valence-electron chi connectivity index (χ2n) is 4.60. The van der Waals surface area contributed by atoms with E-state index in [1.54, 1.807) is 34.9 Å². The van der Waals surface area contributed by atoms with Crippen molar-refractivity contribution in [3.05, 3.63) is 28.8 Å². The van der Waals surface area contributed by atoms with Gasteiger partial charge in [-0.15, -0.1) is 11.8 Å². The van der Waals surface area contributed by atoms with E-state index in [2.05, 4.69) is 10.3 Å². The van der Waals surface area contributed by atoms with Crippen LogP contribution in [-0.4, -0.2) is 52.6 Å². The van der Waals surface area contributed by atoms with Gasteiger partial charge < -0.3 is 15.3 Å². The molecule has 0 bridgehead atoms. The number of amides is 1. The molecule has 0 aromatic heterocycles. The second kappa shape index (κ2) is 5.63. The van der Waals surface area contributed by atoms with Crippen molar-refractivity contribution in [1.82, 2.24) is 4.90 Å². The number of nitrogens with one attached hydrogen (secondary N) is 1. The van der Waals surface area contributed by atoms with Crippen LogP contribution in [0, 0.1) is 0 Å². The molecule has 1 aromatic rings. The minimum absolute atomic E-state index is 0.00748. The number of benzene rings is 1. The Morgan fingerprint density at radius 3 is 3.20 bits per heavy atom. The van der Waals surface area contributed by atoms with Crippen LogP contribution < -0.4 is 5.32 Å². The van der Waals surface area contributed by atoms with Gasteiger partial charge in [-0.2, -0.15) is 0 Å². The minimum atomic E-state index is -0.0646. The van der Waals surface area contributed by atoms with Crippen LogP contribution in [0.3, 0.4) is 0 Å². The molecule has 1 unspecified atom stereocenters. The number of aliphatic hydroxyl groups excluding tert-OH is 1. The summed E-state index contributed by atoms with van der Waals surface area (Å²) in [5.41, 5.74) is 1.29. The van der Waals surface area contributed by atoms with E-state index in [0.29, 0.717) is 23.0 Å². The van der Waals surface area contributed by atoms with Crippen molar-refractivity contribution in [2.45, 2.75) is 6.04 Å². The van der Waals surface area contributed by atoms with Crippen LogP contribution >= 0.6 is 23.4 Å². The van der Waals surface area contributed by atoms with Crippen LogP contribution in [0.4, 0.5) is 5.69 Å². The van der Waals surface area contributed by atoms with Crippen molar-refractivity contribution < 1.29 is 9.90 Å². The first-order valence-electron chi connectivity index (χ1n) is 6.31. The molecular weight excluding hydrogens is 298 g/mol. The summed E-state index contributed by atoms with van der Waals surface area (Å²) in [6.45, 7) is 0.320. The quantitative estimate of drug-likeness (QED) is 0.872. The number of halogens is 1. The van der Waals surface area contributed by atoms with Crippen LogP contribution in [0.15, 0.2) is 23.2 Å². The Labute approximate surface area is 126 Å². The summed E-state index contributed by atoms with van der Waals surface area (Å²) in [5.74, 6) is 2.16. The van der Waals surface area contributed by atoms with Gasteiger partial charge in [0, 0.05) is 10.8 Å². The Bertz CT molecular complexity index is 579. The fourth-order valence-electron chi connectivity index (χ4n) is 2.36. The smallest absolute Gasteiger partial charge is 0.257 e. The highest BCUT2D eigenvalue weighted by atomic mass is 35.5. The number of rotatable bonds is 2. The van der Waals surface area contributed by atoms with Gasteiger partial charge in [-0.05, 0) is 18.2 Å². The molecule has 0 radical (unpaired) electrons. The molecule has 7 heteroatoms. The van der Waals surface area contributed by atoms with Gasteiger partial charge in [0.1, 0.15) is 5.84 Å². The Morgan fingerprint density at radius 1 is 1.55 bits per heavy atom. The Balaban J connectivity index is 2.06. The lowest BCUT2D eigenvalue weighted by atomic mass is 10.1. The molecule has 3 rings (SSSR count). The molecule has 2 aliphatic rings. The molecule has 1 atom stereocenters. The molecule has 1 aromatic carbocycles. The summed E-state index contributed by atoms with van der Waals surface area (Å²) < 4.78 is 0. The molecule has 1 amide bonds. The standard InChI is InChI=1S/C13H14ClN3O2S/c14-8-1-2-10-9(5-8)13(19)17-7-20-6-11(17)12(16-10)15-3-4-18/h1-2,5,11,18H,3-4,6-7H2,(H,15,16). The highest BCUT2D eigenvalue weighted by molar-refractivity contribution is 7.99.